The van der Waals surface area contributed by atoms with Gasteiger partial charge in [0.25, 0.3) is 0 Å². The van der Waals surface area contributed by atoms with Crippen LogP contribution in [0.3, 0.4) is 0 Å². The van der Waals surface area contributed by atoms with Gasteiger partial charge in [-0.3, -0.25) is 4.57 Å². The van der Waals surface area contributed by atoms with Crippen molar-refractivity contribution in [3.05, 3.63) is 22.7 Å². The number of aliphatic hydroxyl groups excluding tert-OH is 2. The van der Waals surface area contributed by atoms with Crippen molar-refractivity contribution in [2.45, 2.75) is 24.5 Å². The van der Waals surface area contributed by atoms with E-state index >= 15 is 0 Å². The van der Waals surface area contributed by atoms with E-state index in [-0.39, 0.29) is 12.4 Å². The fourth-order valence-electron chi connectivity index (χ4n) is 1.85. The van der Waals surface area contributed by atoms with Crippen LogP contribution in [0.5, 0.6) is 0 Å². The molecule has 2 heterocycles. The van der Waals surface area contributed by atoms with Crippen molar-refractivity contribution in [3.63, 3.8) is 0 Å². The molecule has 100 valence electrons. The van der Waals surface area contributed by atoms with Gasteiger partial charge in [-0.15, -0.1) is 0 Å². The van der Waals surface area contributed by atoms with E-state index in [0.29, 0.717) is 0 Å². The molecule has 1 aromatic heterocycles. The van der Waals surface area contributed by atoms with Crippen molar-refractivity contribution in [1.29, 1.82) is 0 Å². The van der Waals surface area contributed by atoms with Gasteiger partial charge in [0.15, 0.2) is 6.23 Å². The molecule has 1 fully saturated rings. The molecular formula is C9H13N3O5S. The second-order valence-corrected chi connectivity index (χ2v) is 4.06. The van der Waals surface area contributed by atoms with Gasteiger partial charge in [0.05, 0.1) is 6.61 Å². The second kappa shape index (κ2) is 5.24. The summed E-state index contributed by atoms with van der Waals surface area (Å²) >= 11 is 3.61. The number of nitrogens with zero attached hydrogens (tertiary/aromatic N) is 2. The Labute approximate surface area is 108 Å². The van der Waals surface area contributed by atoms with Crippen LogP contribution in [0.2, 0.25) is 0 Å². The molecular weight excluding hydrogens is 262 g/mol. The summed E-state index contributed by atoms with van der Waals surface area (Å²) in [5, 5.41) is 19.1. The van der Waals surface area contributed by atoms with E-state index in [1.54, 1.807) is 0 Å². The zero-order chi connectivity index (χ0) is 13.3. The van der Waals surface area contributed by atoms with Crippen molar-refractivity contribution >= 4 is 18.7 Å². The Hall–Kier alpha value is -1.13. The topological polar surface area (TPSA) is 120 Å². The maximum absolute atomic E-state index is 11.6. The number of thiol groups is 1. The minimum absolute atomic E-state index is 0.0736. The molecule has 0 radical (unpaired) electrons. The molecule has 2 rings (SSSR count). The number of ether oxygens (including phenoxy) is 1. The first-order chi connectivity index (χ1) is 8.58. The first kappa shape index (κ1) is 13.3. The van der Waals surface area contributed by atoms with Gasteiger partial charge in [-0.25, -0.2) is 4.79 Å². The fourth-order valence-corrected chi connectivity index (χ4v) is 2.11. The number of anilines is 1. The van der Waals surface area contributed by atoms with Crippen molar-refractivity contribution in [2.75, 3.05) is 12.3 Å². The Morgan fingerprint density at radius 3 is 2.89 bits per heavy atom. The largest absolute Gasteiger partial charge is 0.394 e. The van der Waals surface area contributed by atoms with Crippen molar-refractivity contribution < 1.29 is 19.1 Å². The second-order valence-electron chi connectivity index (χ2n) is 3.85. The lowest BCUT2D eigenvalue weighted by Gasteiger charge is -2.17. The van der Waals surface area contributed by atoms with Crippen LogP contribution in [-0.4, -0.2) is 44.7 Å². The van der Waals surface area contributed by atoms with Gasteiger partial charge in [0.1, 0.15) is 24.1 Å². The molecule has 4 atom stereocenters. The predicted octanol–water partition coefficient (Wildman–Crippen LogP) is -1.69. The van der Waals surface area contributed by atoms with Crippen LogP contribution in [-0.2, 0) is 8.92 Å². The Kier molecular flexibility index (Phi) is 3.88. The van der Waals surface area contributed by atoms with Gasteiger partial charge < -0.3 is 24.9 Å². The smallest absolute Gasteiger partial charge is 0.351 e. The molecule has 0 saturated carbocycles. The molecule has 18 heavy (non-hydrogen) atoms. The summed E-state index contributed by atoms with van der Waals surface area (Å²) in [7, 11) is 0. The molecule has 9 heteroatoms. The highest BCUT2D eigenvalue weighted by molar-refractivity contribution is 7.75. The molecule has 1 saturated heterocycles. The molecule has 1 aromatic rings. The highest BCUT2D eigenvalue weighted by atomic mass is 32.1. The average Bonchev–Trinajstić information content (AvgIpc) is 2.66. The maximum Gasteiger partial charge on any atom is 0.351 e. The van der Waals surface area contributed by atoms with Gasteiger partial charge in [0, 0.05) is 6.20 Å². The van der Waals surface area contributed by atoms with Crippen LogP contribution < -0.4 is 11.4 Å². The van der Waals surface area contributed by atoms with Crippen LogP contribution in [0.15, 0.2) is 17.1 Å². The predicted molar refractivity (Wildman–Crippen MR) is 63.8 cm³/mol. The number of aliphatic hydroxyl groups is 2. The van der Waals surface area contributed by atoms with Gasteiger partial charge in [-0.05, 0) is 19.0 Å². The average molecular weight is 275 g/mol. The van der Waals surface area contributed by atoms with E-state index in [9.17, 15) is 9.90 Å². The molecule has 1 aliphatic rings. The third-order valence-electron chi connectivity index (χ3n) is 2.74. The van der Waals surface area contributed by atoms with Crippen LogP contribution in [0.25, 0.3) is 0 Å². The standard InChI is InChI=1S/C9H13N3O5S/c10-5-1-2-12(9(15)11-5)8-6(14)7(17-18)4(3-13)16-8/h1-2,4,6-8,13-14,18H,3H2,(H2,10,11,15)/t4-,6-,7-,8?/m1/s1. The van der Waals surface area contributed by atoms with E-state index in [1.165, 1.54) is 12.3 Å². The molecule has 4 N–H and O–H groups in total. The Morgan fingerprint density at radius 2 is 2.39 bits per heavy atom. The lowest BCUT2D eigenvalue weighted by atomic mass is 10.1. The number of hydrogen-bond donors (Lipinski definition) is 4. The van der Waals surface area contributed by atoms with Crippen molar-refractivity contribution in [1.82, 2.24) is 9.55 Å². The van der Waals surface area contributed by atoms with E-state index in [0.717, 1.165) is 4.57 Å². The van der Waals surface area contributed by atoms with Gasteiger partial charge >= 0.3 is 5.69 Å². The summed E-state index contributed by atoms with van der Waals surface area (Å²) in [6.45, 7) is -0.365. The van der Waals surface area contributed by atoms with E-state index in [4.69, 9.17) is 19.8 Å². The number of hydrogen-bond acceptors (Lipinski definition) is 8. The number of nitrogen functional groups attached to an aromatic ring is 1. The van der Waals surface area contributed by atoms with Crippen LogP contribution >= 0.6 is 12.9 Å². The van der Waals surface area contributed by atoms with E-state index < -0.39 is 30.2 Å². The monoisotopic (exact) mass is 275 g/mol. The fraction of sp³-hybridized carbons (Fsp3) is 0.556. The molecule has 1 aliphatic heterocycles. The van der Waals surface area contributed by atoms with Gasteiger partial charge in [-0.2, -0.15) is 4.98 Å². The SMILES string of the molecule is Nc1ccn(C2O[C@H](CO)[C@@H](OS)[C@H]2O)c(=O)n1. The maximum atomic E-state index is 11.6. The van der Waals surface area contributed by atoms with Gasteiger partial charge in [0.2, 0.25) is 0 Å². The Balaban J connectivity index is 2.32. The summed E-state index contributed by atoms with van der Waals surface area (Å²) < 4.78 is 11.2. The quantitative estimate of drug-likeness (QED) is 0.383. The van der Waals surface area contributed by atoms with Crippen LogP contribution in [0.4, 0.5) is 5.82 Å². The van der Waals surface area contributed by atoms with Crippen LogP contribution in [0.1, 0.15) is 6.23 Å². The lowest BCUT2D eigenvalue weighted by Crippen LogP contribution is -2.36. The molecule has 0 bridgehead atoms. The zero-order valence-corrected chi connectivity index (χ0v) is 10.1. The van der Waals surface area contributed by atoms with E-state index in [1.807, 2.05) is 0 Å². The minimum atomic E-state index is -1.15. The summed E-state index contributed by atoms with van der Waals surface area (Å²) in [6.07, 6.45) is -2.41. The first-order valence-electron chi connectivity index (χ1n) is 5.17. The first-order valence-corrected chi connectivity index (χ1v) is 5.54. The molecule has 0 amide bonds. The van der Waals surface area contributed by atoms with Crippen molar-refractivity contribution in [3.8, 4) is 0 Å². The number of rotatable bonds is 3. The summed E-state index contributed by atoms with van der Waals surface area (Å²) in [6, 6.07) is 1.40. The highest BCUT2D eigenvalue weighted by Gasteiger charge is 2.45. The van der Waals surface area contributed by atoms with E-state index in [2.05, 4.69) is 17.9 Å². The normalized spacial score (nSPS) is 31.7. The highest BCUT2D eigenvalue weighted by Crippen LogP contribution is 2.30. The molecule has 0 spiro atoms. The number of nitrogens with two attached hydrogens (primary N) is 1. The zero-order valence-electron chi connectivity index (χ0n) is 9.21. The van der Waals surface area contributed by atoms with Crippen molar-refractivity contribution in [2.24, 2.45) is 0 Å². The number of aromatic nitrogens is 2. The molecule has 0 aliphatic carbocycles. The minimum Gasteiger partial charge on any atom is -0.394 e. The van der Waals surface area contributed by atoms with Gasteiger partial charge in [-0.1, -0.05) is 0 Å². The summed E-state index contributed by atoms with van der Waals surface area (Å²) in [5.41, 5.74) is 4.71. The lowest BCUT2D eigenvalue weighted by molar-refractivity contribution is -0.0541. The summed E-state index contributed by atoms with van der Waals surface area (Å²) in [4.78, 5) is 15.1. The Bertz CT molecular complexity index is 482. The van der Waals surface area contributed by atoms with Crippen LogP contribution in [0, 0.1) is 0 Å². The Morgan fingerprint density at radius 1 is 1.67 bits per heavy atom. The summed E-state index contributed by atoms with van der Waals surface area (Å²) in [5.74, 6) is 0.0736. The molecule has 0 aromatic carbocycles. The third-order valence-corrected chi connectivity index (χ3v) is 2.98. The molecule has 8 nitrogen and oxygen atoms in total. The third kappa shape index (κ3) is 2.22. The molecule has 1 unspecified atom stereocenters.